The van der Waals surface area contributed by atoms with Gasteiger partial charge in [-0.25, -0.2) is 0 Å². The third-order valence-corrected chi connectivity index (χ3v) is 3.00. The lowest BCUT2D eigenvalue weighted by Gasteiger charge is -2.26. The molecule has 84 valence electrons. The molecule has 0 fully saturated rings. The first kappa shape index (κ1) is 12.3. The van der Waals surface area contributed by atoms with Crippen LogP contribution in [0.4, 0.5) is 5.69 Å². The topological polar surface area (TPSA) is 29.3 Å². The van der Waals surface area contributed by atoms with E-state index in [1.54, 1.807) is 0 Å². The molecule has 0 aliphatic carbocycles. The van der Waals surface area contributed by atoms with Gasteiger partial charge in [0.15, 0.2) is 0 Å². The maximum absolute atomic E-state index is 6.17. The van der Waals surface area contributed by atoms with Gasteiger partial charge >= 0.3 is 0 Å². The van der Waals surface area contributed by atoms with E-state index in [4.69, 9.17) is 17.3 Å². The van der Waals surface area contributed by atoms with E-state index in [0.29, 0.717) is 12.6 Å². The molecule has 1 aromatic carbocycles. The first-order chi connectivity index (χ1) is 7.07. The molecule has 0 heterocycles. The molecule has 0 bridgehead atoms. The summed E-state index contributed by atoms with van der Waals surface area (Å²) in [5.41, 5.74) is 7.93. The molecule has 1 aromatic rings. The van der Waals surface area contributed by atoms with Gasteiger partial charge in [-0.2, -0.15) is 0 Å². The van der Waals surface area contributed by atoms with E-state index in [0.717, 1.165) is 17.0 Å². The molecule has 15 heavy (non-hydrogen) atoms. The Hall–Kier alpha value is -0.730. The lowest BCUT2D eigenvalue weighted by molar-refractivity contribution is 0.748. The number of nitrogens with zero attached hydrogens (tertiary/aromatic N) is 1. The first-order valence-corrected chi connectivity index (χ1v) is 5.66. The van der Waals surface area contributed by atoms with Crippen LogP contribution in [0.5, 0.6) is 0 Å². The lowest BCUT2D eigenvalue weighted by atomic mass is 10.1. The molecule has 2 nitrogen and oxygen atoms in total. The molecule has 0 aliphatic rings. The molecular formula is C12H19ClN2. The molecule has 0 aromatic heterocycles. The number of benzene rings is 1. The summed E-state index contributed by atoms with van der Waals surface area (Å²) in [6.45, 7) is 4.95. The second-order valence-electron chi connectivity index (χ2n) is 3.98. The standard InChI is InChI=1S/C12H19ClN2/c1-9(2)15(3)12-6-4-5-11(13)10(12)7-8-14/h4-6,9H,7-8,14H2,1-3H3. The van der Waals surface area contributed by atoms with Gasteiger partial charge in [0.1, 0.15) is 0 Å². The highest BCUT2D eigenvalue weighted by atomic mass is 35.5. The SMILES string of the molecule is CC(C)N(C)c1cccc(Cl)c1CCN. The number of rotatable bonds is 4. The number of hydrogen-bond donors (Lipinski definition) is 1. The smallest absolute Gasteiger partial charge is 0.0459 e. The fraction of sp³-hybridized carbons (Fsp3) is 0.500. The highest BCUT2D eigenvalue weighted by molar-refractivity contribution is 6.31. The number of halogens is 1. The van der Waals surface area contributed by atoms with E-state index in [2.05, 4.69) is 31.9 Å². The minimum Gasteiger partial charge on any atom is -0.372 e. The molecule has 0 atom stereocenters. The molecule has 1 rings (SSSR count). The molecule has 0 aliphatic heterocycles. The Morgan fingerprint density at radius 2 is 2.07 bits per heavy atom. The summed E-state index contributed by atoms with van der Waals surface area (Å²) >= 11 is 6.17. The average molecular weight is 227 g/mol. The summed E-state index contributed by atoms with van der Waals surface area (Å²) in [6, 6.07) is 6.46. The zero-order valence-corrected chi connectivity index (χ0v) is 10.4. The largest absolute Gasteiger partial charge is 0.372 e. The van der Waals surface area contributed by atoms with Crippen molar-refractivity contribution in [1.82, 2.24) is 0 Å². The normalized spacial score (nSPS) is 10.8. The molecule has 0 saturated carbocycles. The van der Waals surface area contributed by atoms with E-state index in [-0.39, 0.29) is 0 Å². The van der Waals surface area contributed by atoms with Crippen LogP contribution >= 0.6 is 11.6 Å². The zero-order valence-electron chi connectivity index (χ0n) is 9.63. The first-order valence-electron chi connectivity index (χ1n) is 5.28. The Balaban J connectivity index is 3.10. The maximum Gasteiger partial charge on any atom is 0.0459 e. The average Bonchev–Trinajstić information content (AvgIpc) is 2.20. The summed E-state index contributed by atoms with van der Waals surface area (Å²) in [5, 5.41) is 0.811. The maximum atomic E-state index is 6.17. The predicted molar refractivity (Wildman–Crippen MR) is 67.7 cm³/mol. The van der Waals surface area contributed by atoms with Gasteiger partial charge in [0.2, 0.25) is 0 Å². The van der Waals surface area contributed by atoms with Gasteiger partial charge in [-0.1, -0.05) is 17.7 Å². The molecule has 0 radical (unpaired) electrons. The highest BCUT2D eigenvalue weighted by Crippen LogP contribution is 2.28. The van der Waals surface area contributed by atoms with Gasteiger partial charge in [-0.15, -0.1) is 0 Å². The fourth-order valence-electron chi connectivity index (χ4n) is 1.55. The molecule has 0 unspecified atom stereocenters. The van der Waals surface area contributed by atoms with Crippen LogP contribution in [0.25, 0.3) is 0 Å². The second kappa shape index (κ2) is 5.38. The van der Waals surface area contributed by atoms with Gasteiger partial charge in [0.05, 0.1) is 0 Å². The third kappa shape index (κ3) is 2.86. The van der Waals surface area contributed by atoms with Crippen LogP contribution in [0.1, 0.15) is 19.4 Å². The Morgan fingerprint density at radius 3 is 2.60 bits per heavy atom. The second-order valence-corrected chi connectivity index (χ2v) is 4.39. The third-order valence-electron chi connectivity index (χ3n) is 2.64. The van der Waals surface area contributed by atoms with Crippen LogP contribution in [0.3, 0.4) is 0 Å². The fourth-order valence-corrected chi connectivity index (χ4v) is 1.81. The summed E-state index contributed by atoms with van der Waals surface area (Å²) in [5.74, 6) is 0. The Labute approximate surface area is 97.0 Å². The van der Waals surface area contributed by atoms with Gasteiger partial charge < -0.3 is 10.6 Å². The Kier molecular flexibility index (Phi) is 4.43. The van der Waals surface area contributed by atoms with Crippen molar-refractivity contribution in [1.29, 1.82) is 0 Å². The number of nitrogens with two attached hydrogens (primary N) is 1. The van der Waals surface area contributed by atoms with Gasteiger partial charge in [-0.3, -0.25) is 0 Å². The molecule has 3 heteroatoms. The number of hydrogen-bond acceptors (Lipinski definition) is 2. The monoisotopic (exact) mass is 226 g/mol. The van der Waals surface area contributed by atoms with Crippen LogP contribution in [0, 0.1) is 0 Å². The van der Waals surface area contributed by atoms with Crippen LogP contribution in [0.2, 0.25) is 5.02 Å². The van der Waals surface area contributed by atoms with E-state index in [1.807, 2.05) is 12.1 Å². The van der Waals surface area contributed by atoms with Crippen molar-refractivity contribution >= 4 is 17.3 Å². The summed E-state index contributed by atoms with van der Waals surface area (Å²) in [6.07, 6.45) is 0.825. The van der Waals surface area contributed by atoms with E-state index >= 15 is 0 Å². The van der Waals surface area contributed by atoms with Crippen molar-refractivity contribution < 1.29 is 0 Å². The van der Waals surface area contributed by atoms with Crippen molar-refractivity contribution in [2.24, 2.45) is 5.73 Å². The summed E-state index contributed by atoms with van der Waals surface area (Å²) in [4.78, 5) is 2.22. The molecule has 2 N–H and O–H groups in total. The van der Waals surface area contributed by atoms with E-state index in [1.165, 1.54) is 5.69 Å². The van der Waals surface area contributed by atoms with Crippen LogP contribution in [-0.4, -0.2) is 19.6 Å². The van der Waals surface area contributed by atoms with Crippen molar-refractivity contribution in [3.8, 4) is 0 Å². The minimum atomic E-state index is 0.458. The van der Waals surface area contributed by atoms with Crippen molar-refractivity contribution in [2.45, 2.75) is 26.3 Å². The quantitative estimate of drug-likeness (QED) is 0.856. The minimum absolute atomic E-state index is 0.458. The molecule has 0 amide bonds. The zero-order chi connectivity index (χ0) is 11.4. The van der Waals surface area contributed by atoms with Crippen LogP contribution in [0.15, 0.2) is 18.2 Å². The predicted octanol–water partition coefficient (Wildman–Crippen LogP) is 2.69. The Morgan fingerprint density at radius 1 is 1.40 bits per heavy atom. The summed E-state index contributed by atoms with van der Waals surface area (Å²) in [7, 11) is 2.08. The van der Waals surface area contributed by atoms with E-state index < -0.39 is 0 Å². The van der Waals surface area contributed by atoms with Gasteiger partial charge in [0.25, 0.3) is 0 Å². The molecular weight excluding hydrogens is 208 g/mol. The van der Waals surface area contributed by atoms with Crippen LogP contribution < -0.4 is 10.6 Å². The number of anilines is 1. The lowest BCUT2D eigenvalue weighted by Crippen LogP contribution is -2.27. The summed E-state index contributed by atoms with van der Waals surface area (Å²) < 4.78 is 0. The van der Waals surface area contributed by atoms with Crippen molar-refractivity contribution in [3.63, 3.8) is 0 Å². The molecule has 0 spiro atoms. The molecule has 0 saturated heterocycles. The van der Waals surface area contributed by atoms with Crippen molar-refractivity contribution in [2.75, 3.05) is 18.5 Å². The van der Waals surface area contributed by atoms with E-state index in [9.17, 15) is 0 Å². The van der Waals surface area contributed by atoms with Gasteiger partial charge in [0, 0.05) is 23.8 Å². The highest BCUT2D eigenvalue weighted by Gasteiger charge is 2.11. The van der Waals surface area contributed by atoms with Gasteiger partial charge in [-0.05, 0) is 44.5 Å². The Bertz CT molecular complexity index is 323. The van der Waals surface area contributed by atoms with Crippen LogP contribution in [-0.2, 0) is 6.42 Å². The van der Waals surface area contributed by atoms with Crippen molar-refractivity contribution in [3.05, 3.63) is 28.8 Å².